The molecule has 20 heavy (non-hydrogen) atoms. The average molecular weight is 273 g/mol. The fraction of sp³-hybridized carbons (Fsp3) is 0.471. The molecule has 1 amide bonds. The third-order valence-corrected chi connectivity index (χ3v) is 3.54. The van der Waals surface area contributed by atoms with E-state index in [0.29, 0.717) is 6.61 Å². The molecule has 1 aliphatic heterocycles. The first-order valence-corrected chi connectivity index (χ1v) is 7.50. The van der Waals surface area contributed by atoms with Gasteiger partial charge in [-0.1, -0.05) is 31.0 Å². The number of ether oxygens (including phenoxy) is 1. The van der Waals surface area contributed by atoms with E-state index >= 15 is 0 Å². The summed E-state index contributed by atoms with van der Waals surface area (Å²) in [5.74, 6) is 0.938. The molecule has 0 radical (unpaired) electrons. The van der Waals surface area contributed by atoms with Crippen LogP contribution in [0, 0.1) is 0 Å². The molecule has 1 aromatic carbocycles. The first kappa shape index (κ1) is 14.6. The number of rotatable bonds is 4. The Kier molecular flexibility index (Phi) is 5.66. The highest BCUT2D eigenvalue weighted by molar-refractivity contribution is 5.92. The summed E-state index contributed by atoms with van der Waals surface area (Å²) in [5, 5.41) is 0. The van der Waals surface area contributed by atoms with E-state index in [1.165, 1.54) is 12.8 Å². The molecular formula is C17H23NO2. The van der Waals surface area contributed by atoms with Crippen molar-refractivity contribution >= 4 is 12.0 Å². The summed E-state index contributed by atoms with van der Waals surface area (Å²) in [5.41, 5.74) is 0.956. The van der Waals surface area contributed by atoms with Crippen LogP contribution >= 0.6 is 0 Å². The molecule has 0 atom stereocenters. The molecule has 1 aromatic rings. The Morgan fingerprint density at radius 3 is 2.60 bits per heavy atom. The lowest BCUT2D eigenvalue weighted by molar-refractivity contribution is -0.125. The molecule has 0 saturated carbocycles. The predicted molar refractivity (Wildman–Crippen MR) is 81.7 cm³/mol. The van der Waals surface area contributed by atoms with Gasteiger partial charge in [0.25, 0.3) is 0 Å². The Morgan fingerprint density at radius 1 is 1.20 bits per heavy atom. The quantitative estimate of drug-likeness (QED) is 0.786. The van der Waals surface area contributed by atoms with Crippen LogP contribution in [0.3, 0.4) is 0 Å². The molecular weight excluding hydrogens is 250 g/mol. The molecule has 0 unspecified atom stereocenters. The second-order valence-corrected chi connectivity index (χ2v) is 5.04. The summed E-state index contributed by atoms with van der Waals surface area (Å²) in [6.45, 7) is 4.36. The number of carbonyl (C=O) groups is 1. The van der Waals surface area contributed by atoms with E-state index in [2.05, 4.69) is 0 Å². The van der Waals surface area contributed by atoms with E-state index in [-0.39, 0.29) is 5.91 Å². The lowest BCUT2D eigenvalue weighted by Gasteiger charge is -2.18. The summed E-state index contributed by atoms with van der Waals surface area (Å²) in [7, 11) is 0. The highest BCUT2D eigenvalue weighted by atomic mass is 16.5. The van der Waals surface area contributed by atoms with Gasteiger partial charge in [-0.05, 0) is 31.9 Å². The molecule has 1 fully saturated rings. The zero-order chi connectivity index (χ0) is 14.2. The summed E-state index contributed by atoms with van der Waals surface area (Å²) < 4.78 is 5.56. The van der Waals surface area contributed by atoms with Crippen LogP contribution in [0.25, 0.3) is 6.08 Å². The number of hydrogen-bond acceptors (Lipinski definition) is 2. The van der Waals surface area contributed by atoms with Gasteiger partial charge in [-0.25, -0.2) is 0 Å². The van der Waals surface area contributed by atoms with E-state index in [0.717, 1.165) is 37.2 Å². The molecule has 1 saturated heterocycles. The van der Waals surface area contributed by atoms with Gasteiger partial charge in [0.15, 0.2) is 0 Å². The molecule has 0 bridgehead atoms. The van der Waals surface area contributed by atoms with Gasteiger partial charge in [0.2, 0.25) is 5.91 Å². The van der Waals surface area contributed by atoms with Crippen LogP contribution in [0.5, 0.6) is 5.75 Å². The lowest BCUT2D eigenvalue weighted by Crippen LogP contribution is -2.30. The first-order chi connectivity index (χ1) is 9.81. The number of carbonyl (C=O) groups excluding carboxylic acids is 1. The second-order valence-electron chi connectivity index (χ2n) is 5.04. The Hall–Kier alpha value is -1.77. The molecule has 3 nitrogen and oxygen atoms in total. The molecule has 0 aliphatic carbocycles. The Morgan fingerprint density at radius 2 is 1.90 bits per heavy atom. The minimum atomic E-state index is 0.109. The van der Waals surface area contributed by atoms with Crippen molar-refractivity contribution in [2.45, 2.75) is 32.6 Å². The van der Waals surface area contributed by atoms with Crippen LogP contribution in [0.4, 0.5) is 0 Å². The molecule has 1 aliphatic rings. The predicted octanol–water partition coefficient (Wildman–Crippen LogP) is 3.50. The number of para-hydroxylation sites is 1. The maximum absolute atomic E-state index is 12.2. The van der Waals surface area contributed by atoms with Crippen LogP contribution in [0.2, 0.25) is 0 Å². The monoisotopic (exact) mass is 273 g/mol. The topological polar surface area (TPSA) is 29.5 Å². The Labute approximate surface area is 121 Å². The van der Waals surface area contributed by atoms with Gasteiger partial charge in [0.05, 0.1) is 6.61 Å². The van der Waals surface area contributed by atoms with E-state index in [9.17, 15) is 4.79 Å². The van der Waals surface area contributed by atoms with Gasteiger partial charge >= 0.3 is 0 Å². The largest absolute Gasteiger partial charge is 0.493 e. The maximum atomic E-state index is 12.2. The van der Waals surface area contributed by atoms with Crippen LogP contribution in [-0.4, -0.2) is 30.5 Å². The molecule has 3 heteroatoms. The second kappa shape index (κ2) is 7.73. The van der Waals surface area contributed by atoms with Crippen molar-refractivity contribution < 1.29 is 9.53 Å². The standard InChI is InChI=1S/C17H23NO2/c1-2-20-16-10-6-5-9-15(16)11-12-17(19)18-13-7-3-4-8-14-18/h5-6,9-12H,2-4,7-8,13-14H2,1H3/b12-11+. The van der Waals surface area contributed by atoms with E-state index in [1.54, 1.807) is 6.08 Å². The highest BCUT2D eigenvalue weighted by Crippen LogP contribution is 2.19. The summed E-state index contributed by atoms with van der Waals surface area (Å²) in [6, 6.07) is 7.80. The van der Waals surface area contributed by atoms with Crippen molar-refractivity contribution in [2.75, 3.05) is 19.7 Å². The molecule has 2 rings (SSSR count). The first-order valence-electron chi connectivity index (χ1n) is 7.50. The van der Waals surface area contributed by atoms with Crippen molar-refractivity contribution in [3.05, 3.63) is 35.9 Å². The summed E-state index contributed by atoms with van der Waals surface area (Å²) >= 11 is 0. The lowest BCUT2D eigenvalue weighted by atomic mass is 10.2. The molecule has 0 N–H and O–H groups in total. The van der Waals surface area contributed by atoms with Gasteiger partial charge in [-0.3, -0.25) is 4.79 Å². The van der Waals surface area contributed by atoms with Crippen molar-refractivity contribution in [1.82, 2.24) is 4.90 Å². The summed E-state index contributed by atoms with van der Waals surface area (Å²) in [4.78, 5) is 14.1. The fourth-order valence-corrected chi connectivity index (χ4v) is 2.46. The number of amides is 1. The van der Waals surface area contributed by atoms with Crippen LogP contribution in [0.15, 0.2) is 30.3 Å². The number of likely N-dealkylation sites (tertiary alicyclic amines) is 1. The molecule has 0 spiro atoms. The van der Waals surface area contributed by atoms with Gasteiger partial charge in [-0.2, -0.15) is 0 Å². The number of nitrogens with zero attached hydrogens (tertiary/aromatic N) is 1. The minimum Gasteiger partial charge on any atom is -0.493 e. The molecule has 1 heterocycles. The van der Waals surface area contributed by atoms with Crippen molar-refractivity contribution in [3.63, 3.8) is 0 Å². The zero-order valence-electron chi connectivity index (χ0n) is 12.2. The van der Waals surface area contributed by atoms with Crippen LogP contribution < -0.4 is 4.74 Å². The zero-order valence-corrected chi connectivity index (χ0v) is 12.2. The van der Waals surface area contributed by atoms with E-state index in [4.69, 9.17) is 4.74 Å². The third-order valence-electron chi connectivity index (χ3n) is 3.54. The molecule has 108 valence electrons. The number of benzene rings is 1. The van der Waals surface area contributed by atoms with Gasteiger partial charge < -0.3 is 9.64 Å². The Balaban J connectivity index is 2.02. The van der Waals surface area contributed by atoms with Gasteiger partial charge in [-0.15, -0.1) is 0 Å². The van der Waals surface area contributed by atoms with Gasteiger partial charge in [0.1, 0.15) is 5.75 Å². The van der Waals surface area contributed by atoms with E-state index < -0.39 is 0 Å². The maximum Gasteiger partial charge on any atom is 0.246 e. The highest BCUT2D eigenvalue weighted by Gasteiger charge is 2.12. The average Bonchev–Trinajstić information content (AvgIpc) is 2.75. The summed E-state index contributed by atoms with van der Waals surface area (Å²) in [6.07, 6.45) is 8.24. The van der Waals surface area contributed by atoms with Crippen molar-refractivity contribution in [2.24, 2.45) is 0 Å². The SMILES string of the molecule is CCOc1ccccc1/C=C/C(=O)N1CCCCCC1. The Bertz CT molecular complexity index is 460. The molecule has 0 aromatic heterocycles. The third kappa shape index (κ3) is 4.12. The minimum absolute atomic E-state index is 0.109. The van der Waals surface area contributed by atoms with Crippen molar-refractivity contribution in [3.8, 4) is 5.75 Å². The normalized spacial score (nSPS) is 16.1. The van der Waals surface area contributed by atoms with Crippen LogP contribution in [-0.2, 0) is 4.79 Å². The van der Waals surface area contributed by atoms with E-state index in [1.807, 2.05) is 42.2 Å². The van der Waals surface area contributed by atoms with Crippen LogP contribution in [0.1, 0.15) is 38.2 Å². The van der Waals surface area contributed by atoms with Gasteiger partial charge in [0, 0.05) is 24.7 Å². The van der Waals surface area contributed by atoms with Crippen molar-refractivity contribution in [1.29, 1.82) is 0 Å². The number of hydrogen-bond donors (Lipinski definition) is 0. The smallest absolute Gasteiger partial charge is 0.246 e. The fourth-order valence-electron chi connectivity index (χ4n) is 2.46.